The molecule has 0 amide bonds. The highest BCUT2D eigenvalue weighted by Gasteiger charge is 2.45. The van der Waals surface area contributed by atoms with Crippen LogP contribution < -0.4 is 14.2 Å². The summed E-state index contributed by atoms with van der Waals surface area (Å²) in [5.41, 5.74) is 0.192. The van der Waals surface area contributed by atoms with Crippen LogP contribution in [-0.4, -0.2) is 61.9 Å². The molecule has 0 aliphatic heterocycles. The Labute approximate surface area is 227 Å². The van der Waals surface area contributed by atoms with Crippen LogP contribution in [0, 0.1) is 17.1 Å². The predicted molar refractivity (Wildman–Crippen MR) is 146 cm³/mol. The first-order valence-electron chi connectivity index (χ1n) is 12.3. The fourth-order valence-corrected chi connectivity index (χ4v) is 4.79. The normalized spacial score (nSPS) is 13.5. The number of hydrogen-bond acceptors (Lipinski definition) is 8. The molecule has 0 fully saturated rings. The number of methoxy groups -OCH3 is 3. The number of benzene rings is 2. The first kappa shape index (κ1) is 27.8. The summed E-state index contributed by atoms with van der Waals surface area (Å²) in [7, 11) is 8.17. The van der Waals surface area contributed by atoms with Crippen molar-refractivity contribution in [3.05, 3.63) is 89.0 Å². The Kier molecular flexibility index (Phi) is 8.29. The van der Waals surface area contributed by atoms with Crippen molar-refractivity contribution in [2.45, 2.75) is 17.9 Å². The Balaban J connectivity index is 2.10. The molecule has 39 heavy (non-hydrogen) atoms. The summed E-state index contributed by atoms with van der Waals surface area (Å²) in [4.78, 5) is 11.1. The molecule has 202 valence electrons. The Morgan fingerprint density at radius 1 is 1.03 bits per heavy atom. The largest absolute Gasteiger partial charge is 0.497 e. The van der Waals surface area contributed by atoms with Crippen molar-refractivity contribution >= 4 is 10.9 Å². The van der Waals surface area contributed by atoms with Gasteiger partial charge in [0.25, 0.3) is 0 Å². The van der Waals surface area contributed by atoms with Gasteiger partial charge in [0.2, 0.25) is 5.88 Å². The second kappa shape index (κ2) is 11.6. The van der Waals surface area contributed by atoms with E-state index in [1.54, 1.807) is 54.7 Å². The van der Waals surface area contributed by atoms with Gasteiger partial charge in [-0.1, -0.05) is 12.1 Å². The van der Waals surface area contributed by atoms with E-state index in [0.29, 0.717) is 40.0 Å². The first-order chi connectivity index (χ1) is 18.7. The molecule has 0 saturated carbocycles. The second-order valence-corrected chi connectivity index (χ2v) is 9.46. The highest BCUT2D eigenvalue weighted by atomic mass is 19.1. The molecule has 2 heterocycles. The number of aliphatic hydroxyl groups is 1. The van der Waals surface area contributed by atoms with Crippen LogP contribution in [0.15, 0.2) is 60.8 Å². The summed E-state index contributed by atoms with van der Waals surface area (Å²) in [5.74, 6) is -0.916. The summed E-state index contributed by atoms with van der Waals surface area (Å²) in [6.07, 6.45) is 1.73. The zero-order valence-corrected chi connectivity index (χ0v) is 22.6. The van der Waals surface area contributed by atoms with Gasteiger partial charge in [0.1, 0.15) is 11.4 Å². The predicted octanol–water partition coefficient (Wildman–Crippen LogP) is 4.64. The summed E-state index contributed by atoms with van der Waals surface area (Å²) in [5, 5.41) is 22.8. The number of ether oxygens (including phenoxy) is 3. The topological polar surface area (TPSA) is 101 Å². The van der Waals surface area contributed by atoms with Gasteiger partial charge in [-0.05, 0) is 56.9 Å². The molecule has 4 rings (SSSR count). The summed E-state index contributed by atoms with van der Waals surface area (Å²) in [6.45, 7) is 0.458. The Morgan fingerprint density at radius 2 is 1.82 bits per heavy atom. The van der Waals surface area contributed by atoms with Gasteiger partial charge in [-0.2, -0.15) is 5.26 Å². The minimum Gasteiger partial charge on any atom is -0.497 e. The third-order valence-electron chi connectivity index (χ3n) is 6.79. The minimum absolute atomic E-state index is 0.0329. The van der Waals surface area contributed by atoms with Gasteiger partial charge in [-0.3, -0.25) is 4.98 Å². The SMILES string of the molecule is COc1ccnc([C@](O)(CCN(C)C)[C@@H](c2cc3cc(C#N)ccc3nc2OC)c2cccc(OC)c2F)c1. The second-order valence-electron chi connectivity index (χ2n) is 9.46. The van der Waals surface area contributed by atoms with Gasteiger partial charge in [0.15, 0.2) is 11.6 Å². The smallest absolute Gasteiger partial charge is 0.217 e. The maximum absolute atomic E-state index is 16.1. The fraction of sp³-hybridized carbons (Fsp3) is 0.300. The number of hydrogen-bond donors (Lipinski definition) is 1. The van der Waals surface area contributed by atoms with Gasteiger partial charge in [0, 0.05) is 35.3 Å². The van der Waals surface area contributed by atoms with Crippen LogP contribution >= 0.6 is 0 Å². The van der Waals surface area contributed by atoms with Crippen molar-refractivity contribution in [3.63, 3.8) is 0 Å². The van der Waals surface area contributed by atoms with Gasteiger partial charge < -0.3 is 24.2 Å². The highest BCUT2D eigenvalue weighted by Crippen LogP contribution is 2.48. The average Bonchev–Trinajstić information content (AvgIpc) is 2.96. The Hall–Kier alpha value is -4.26. The molecule has 0 bridgehead atoms. The lowest BCUT2D eigenvalue weighted by atomic mass is 9.73. The highest BCUT2D eigenvalue weighted by molar-refractivity contribution is 5.82. The number of nitrogens with zero attached hydrogens (tertiary/aromatic N) is 4. The van der Waals surface area contributed by atoms with Crippen molar-refractivity contribution in [1.82, 2.24) is 14.9 Å². The van der Waals surface area contributed by atoms with E-state index < -0.39 is 17.3 Å². The molecule has 0 aliphatic carbocycles. The molecule has 2 atom stereocenters. The van der Waals surface area contributed by atoms with Crippen LogP contribution in [0.5, 0.6) is 17.4 Å². The molecule has 9 heteroatoms. The third kappa shape index (κ3) is 5.48. The molecule has 0 unspecified atom stereocenters. The van der Waals surface area contributed by atoms with Gasteiger partial charge >= 0.3 is 0 Å². The van der Waals surface area contributed by atoms with Gasteiger partial charge in [-0.15, -0.1) is 0 Å². The Morgan fingerprint density at radius 3 is 2.49 bits per heavy atom. The standard InChI is InChI=1S/C30H31FN4O4/c1-35(2)14-12-30(36,26-17-21(37-3)11-13-33-26)27(22-7-6-8-25(38-4)28(22)31)23-16-20-15-19(18-32)9-10-24(20)34-29(23)39-5/h6-11,13,15-17,27,36H,12,14H2,1-5H3/t27-,30-/m1/s1. The lowest BCUT2D eigenvalue weighted by Gasteiger charge is -2.38. The molecular weight excluding hydrogens is 499 g/mol. The van der Waals surface area contributed by atoms with E-state index in [9.17, 15) is 10.4 Å². The van der Waals surface area contributed by atoms with Crippen LogP contribution in [0.4, 0.5) is 4.39 Å². The molecule has 0 saturated heterocycles. The molecule has 1 N–H and O–H groups in total. The lowest BCUT2D eigenvalue weighted by molar-refractivity contribution is -0.00140. The maximum Gasteiger partial charge on any atom is 0.217 e. The summed E-state index contributed by atoms with van der Waals surface area (Å²) in [6, 6.07) is 17.1. The van der Waals surface area contributed by atoms with E-state index in [1.807, 2.05) is 19.0 Å². The molecule has 0 radical (unpaired) electrons. The van der Waals surface area contributed by atoms with Crippen LogP contribution in [0.1, 0.15) is 34.7 Å². The average molecular weight is 531 g/mol. The number of nitriles is 1. The van der Waals surface area contributed by atoms with E-state index in [0.717, 1.165) is 0 Å². The van der Waals surface area contributed by atoms with Crippen molar-refractivity contribution in [3.8, 4) is 23.4 Å². The molecule has 4 aromatic rings. The van der Waals surface area contributed by atoms with Crippen LogP contribution in [-0.2, 0) is 5.60 Å². The minimum atomic E-state index is -1.75. The quantitative estimate of drug-likeness (QED) is 0.317. The number of pyridine rings is 2. The molecule has 2 aromatic carbocycles. The monoisotopic (exact) mass is 530 g/mol. The zero-order valence-electron chi connectivity index (χ0n) is 22.6. The van der Waals surface area contributed by atoms with E-state index in [2.05, 4.69) is 16.0 Å². The number of aromatic nitrogens is 2. The summed E-state index contributed by atoms with van der Waals surface area (Å²) >= 11 is 0. The molecule has 0 spiro atoms. The summed E-state index contributed by atoms with van der Waals surface area (Å²) < 4.78 is 32.5. The van der Waals surface area contributed by atoms with Crippen LogP contribution in [0.25, 0.3) is 10.9 Å². The Bertz CT molecular complexity index is 1520. The zero-order chi connectivity index (χ0) is 28.2. The lowest BCUT2D eigenvalue weighted by Crippen LogP contribution is -2.39. The van der Waals surface area contributed by atoms with Crippen LogP contribution in [0.2, 0.25) is 0 Å². The first-order valence-corrected chi connectivity index (χ1v) is 12.3. The molecule has 0 aliphatic rings. The number of halogens is 1. The van der Waals surface area contributed by atoms with Crippen molar-refractivity contribution in [2.75, 3.05) is 42.0 Å². The van der Waals surface area contributed by atoms with E-state index >= 15 is 4.39 Å². The van der Waals surface area contributed by atoms with E-state index in [4.69, 9.17) is 14.2 Å². The third-order valence-corrected chi connectivity index (χ3v) is 6.79. The van der Waals surface area contributed by atoms with Gasteiger partial charge in [-0.25, -0.2) is 9.37 Å². The molecule has 2 aromatic heterocycles. The molecule has 8 nitrogen and oxygen atoms in total. The van der Waals surface area contributed by atoms with E-state index in [-0.39, 0.29) is 23.6 Å². The number of rotatable bonds is 10. The van der Waals surface area contributed by atoms with Crippen molar-refractivity contribution < 1.29 is 23.7 Å². The van der Waals surface area contributed by atoms with Gasteiger partial charge in [0.05, 0.1) is 50.1 Å². The molecular formula is C30H31FN4O4. The van der Waals surface area contributed by atoms with Crippen molar-refractivity contribution in [1.29, 1.82) is 5.26 Å². The number of fused-ring (bicyclic) bond motifs is 1. The van der Waals surface area contributed by atoms with Crippen molar-refractivity contribution in [2.24, 2.45) is 0 Å². The van der Waals surface area contributed by atoms with Crippen LogP contribution in [0.3, 0.4) is 0 Å². The maximum atomic E-state index is 16.1. The fourth-order valence-electron chi connectivity index (χ4n) is 4.79. The van der Waals surface area contributed by atoms with E-state index in [1.165, 1.54) is 27.4 Å².